The fourth-order valence-electron chi connectivity index (χ4n) is 1.22. The van der Waals surface area contributed by atoms with Gasteiger partial charge in [0.1, 0.15) is 11.3 Å². The van der Waals surface area contributed by atoms with Crippen LogP contribution in [0.1, 0.15) is 17.7 Å². The van der Waals surface area contributed by atoms with Gasteiger partial charge in [-0.25, -0.2) is 13.8 Å². The average molecular weight is 311 g/mol. The average Bonchev–Trinajstić information content (AvgIpc) is 2.23. The Morgan fingerprint density at radius 1 is 1.10 bits per heavy atom. The molecule has 3 nitrogen and oxygen atoms in total. The molecule has 20 heavy (non-hydrogen) atoms. The molecule has 0 radical (unpaired) electrons. The second-order valence-corrected chi connectivity index (χ2v) is 3.27. The molecule has 0 fully saturated rings. The number of pyridine rings is 1. The number of ether oxygens (including phenoxy) is 2. The van der Waals surface area contributed by atoms with Gasteiger partial charge in [-0.1, -0.05) is 0 Å². The van der Waals surface area contributed by atoms with Crippen LogP contribution < -0.4 is 9.47 Å². The van der Waals surface area contributed by atoms with Crippen molar-refractivity contribution in [3.05, 3.63) is 17.3 Å². The summed E-state index contributed by atoms with van der Waals surface area (Å²) >= 11 is 0. The highest BCUT2D eigenvalue weighted by molar-refractivity contribution is 5.43. The third-order valence-corrected chi connectivity index (χ3v) is 1.91. The van der Waals surface area contributed by atoms with Gasteiger partial charge in [0.25, 0.3) is 6.43 Å². The Hall–Kier alpha value is -1.81. The van der Waals surface area contributed by atoms with Crippen LogP contribution >= 0.6 is 0 Å². The molecule has 0 aliphatic rings. The Kier molecular flexibility index (Phi) is 4.30. The molecule has 0 N–H and O–H groups in total. The summed E-state index contributed by atoms with van der Waals surface area (Å²) in [4.78, 5) is 2.70. The number of hydrogen-bond donors (Lipinski definition) is 0. The topological polar surface area (TPSA) is 31.4 Å². The van der Waals surface area contributed by atoms with Crippen molar-refractivity contribution in [1.82, 2.24) is 4.98 Å². The van der Waals surface area contributed by atoms with E-state index >= 15 is 0 Å². The third-order valence-electron chi connectivity index (χ3n) is 1.91. The molecule has 0 saturated carbocycles. The summed E-state index contributed by atoms with van der Waals surface area (Å²) in [6.07, 6.45) is -14.2. The SMILES string of the molecule is COc1nc(C(F)(F)F)cc(OC(F)(F)F)c1C(F)F. The van der Waals surface area contributed by atoms with Crippen LogP contribution in [0.3, 0.4) is 0 Å². The van der Waals surface area contributed by atoms with E-state index < -0.39 is 41.9 Å². The van der Waals surface area contributed by atoms with Gasteiger partial charge in [-0.2, -0.15) is 13.2 Å². The summed E-state index contributed by atoms with van der Waals surface area (Å²) in [5.41, 5.74) is -3.36. The van der Waals surface area contributed by atoms with Crippen molar-refractivity contribution < 1.29 is 44.6 Å². The summed E-state index contributed by atoms with van der Waals surface area (Å²) in [5.74, 6) is -3.01. The van der Waals surface area contributed by atoms with Gasteiger partial charge < -0.3 is 9.47 Å². The highest BCUT2D eigenvalue weighted by atomic mass is 19.4. The van der Waals surface area contributed by atoms with Crippen LogP contribution in [0.5, 0.6) is 11.6 Å². The van der Waals surface area contributed by atoms with Gasteiger partial charge in [0.2, 0.25) is 5.88 Å². The van der Waals surface area contributed by atoms with Crippen molar-refractivity contribution in [2.75, 3.05) is 7.11 Å². The molecule has 0 aliphatic heterocycles. The van der Waals surface area contributed by atoms with E-state index in [9.17, 15) is 35.1 Å². The summed E-state index contributed by atoms with van der Waals surface area (Å²) in [6, 6.07) is -0.266. The highest BCUT2D eigenvalue weighted by Crippen LogP contribution is 2.41. The van der Waals surface area contributed by atoms with Crippen molar-refractivity contribution in [3.63, 3.8) is 0 Å². The number of aromatic nitrogens is 1. The molecule has 114 valence electrons. The van der Waals surface area contributed by atoms with E-state index in [-0.39, 0.29) is 6.07 Å². The van der Waals surface area contributed by atoms with E-state index in [1.807, 2.05) is 0 Å². The van der Waals surface area contributed by atoms with Gasteiger partial charge in [-0.15, -0.1) is 13.2 Å². The van der Waals surface area contributed by atoms with Gasteiger partial charge in [-0.3, -0.25) is 0 Å². The quantitative estimate of drug-likeness (QED) is 0.792. The molecular formula is C9H5F8NO2. The van der Waals surface area contributed by atoms with Crippen LogP contribution in [0.25, 0.3) is 0 Å². The van der Waals surface area contributed by atoms with E-state index in [0.717, 1.165) is 0 Å². The molecule has 0 aromatic carbocycles. The van der Waals surface area contributed by atoms with Crippen LogP contribution in [0.4, 0.5) is 35.1 Å². The lowest BCUT2D eigenvalue weighted by Crippen LogP contribution is -2.20. The van der Waals surface area contributed by atoms with E-state index in [4.69, 9.17) is 0 Å². The molecule has 0 saturated heterocycles. The summed E-state index contributed by atoms with van der Waals surface area (Å²) < 4.78 is 106. The fourth-order valence-corrected chi connectivity index (χ4v) is 1.22. The molecule has 0 amide bonds. The predicted octanol–water partition coefficient (Wildman–Crippen LogP) is 3.95. The number of hydrogen-bond acceptors (Lipinski definition) is 3. The molecule has 0 spiro atoms. The van der Waals surface area contributed by atoms with E-state index in [2.05, 4.69) is 14.5 Å². The fraction of sp³-hybridized carbons (Fsp3) is 0.444. The number of rotatable bonds is 3. The number of nitrogens with zero attached hydrogens (tertiary/aromatic N) is 1. The lowest BCUT2D eigenvalue weighted by molar-refractivity contribution is -0.275. The van der Waals surface area contributed by atoms with Crippen molar-refractivity contribution in [2.45, 2.75) is 19.0 Å². The number of alkyl halides is 8. The van der Waals surface area contributed by atoms with Gasteiger partial charge in [0.15, 0.2) is 5.69 Å². The molecule has 11 heteroatoms. The van der Waals surface area contributed by atoms with Crippen LogP contribution in [-0.4, -0.2) is 18.5 Å². The van der Waals surface area contributed by atoms with Crippen molar-refractivity contribution >= 4 is 0 Å². The maximum atomic E-state index is 12.6. The smallest absolute Gasteiger partial charge is 0.481 e. The minimum absolute atomic E-state index is 0.266. The van der Waals surface area contributed by atoms with Crippen LogP contribution in [-0.2, 0) is 6.18 Å². The minimum atomic E-state index is -5.45. The number of methoxy groups -OCH3 is 1. The van der Waals surface area contributed by atoms with Gasteiger partial charge in [-0.05, 0) is 0 Å². The molecule has 0 bridgehead atoms. The zero-order valence-electron chi connectivity index (χ0n) is 9.44. The molecule has 1 rings (SSSR count). The molecule has 1 heterocycles. The van der Waals surface area contributed by atoms with Gasteiger partial charge >= 0.3 is 12.5 Å². The van der Waals surface area contributed by atoms with Crippen LogP contribution in [0.15, 0.2) is 6.07 Å². The maximum absolute atomic E-state index is 12.6. The lowest BCUT2D eigenvalue weighted by Gasteiger charge is -2.17. The number of halogens is 8. The van der Waals surface area contributed by atoms with Crippen molar-refractivity contribution in [1.29, 1.82) is 0 Å². The van der Waals surface area contributed by atoms with Crippen molar-refractivity contribution in [2.24, 2.45) is 0 Å². The van der Waals surface area contributed by atoms with E-state index in [1.165, 1.54) is 0 Å². The normalized spacial score (nSPS) is 12.7. The molecule has 0 atom stereocenters. The minimum Gasteiger partial charge on any atom is -0.481 e. The van der Waals surface area contributed by atoms with E-state index in [0.29, 0.717) is 7.11 Å². The second-order valence-electron chi connectivity index (χ2n) is 3.27. The summed E-state index contributed by atoms with van der Waals surface area (Å²) in [5, 5.41) is 0. The van der Waals surface area contributed by atoms with Crippen molar-refractivity contribution in [3.8, 4) is 11.6 Å². The standard InChI is InChI=1S/C9H5F8NO2/c1-19-7-5(6(10)11)3(20-9(15,16)17)2-4(18-7)8(12,13)14/h2,6H,1H3. The first-order valence-electron chi connectivity index (χ1n) is 4.65. The maximum Gasteiger partial charge on any atom is 0.573 e. The lowest BCUT2D eigenvalue weighted by atomic mass is 10.2. The molecule has 1 aromatic heterocycles. The van der Waals surface area contributed by atoms with Crippen LogP contribution in [0.2, 0.25) is 0 Å². The van der Waals surface area contributed by atoms with E-state index in [1.54, 1.807) is 0 Å². The molecular weight excluding hydrogens is 306 g/mol. The monoisotopic (exact) mass is 311 g/mol. The Balaban J connectivity index is 3.50. The molecule has 0 unspecified atom stereocenters. The Morgan fingerprint density at radius 2 is 1.65 bits per heavy atom. The highest BCUT2D eigenvalue weighted by Gasteiger charge is 2.39. The first-order chi connectivity index (χ1) is 8.95. The van der Waals surface area contributed by atoms with Gasteiger partial charge in [0, 0.05) is 6.07 Å². The third kappa shape index (κ3) is 3.84. The van der Waals surface area contributed by atoms with Gasteiger partial charge in [0.05, 0.1) is 7.11 Å². The summed E-state index contributed by atoms with van der Waals surface area (Å²) in [7, 11) is 0.686. The second kappa shape index (κ2) is 5.29. The molecule has 0 aliphatic carbocycles. The predicted molar refractivity (Wildman–Crippen MR) is 47.4 cm³/mol. The largest absolute Gasteiger partial charge is 0.573 e. The Bertz CT molecular complexity index is 482. The Labute approximate surface area is 106 Å². The first-order valence-corrected chi connectivity index (χ1v) is 4.65. The summed E-state index contributed by atoms with van der Waals surface area (Å²) in [6.45, 7) is 0. The molecule has 1 aromatic rings. The zero-order valence-corrected chi connectivity index (χ0v) is 9.44. The first kappa shape index (κ1) is 16.2. The Morgan fingerprint density at radius 3 is 2.00 bits per heavy atom. The van der Waals surface area contributed by atoms with Crippen LogP contribution in [0, 0.1) is 0 Å². The zero-order chi connectivity index (χ0) is 15.7.